The Hall–Kier alpha value is -1.72. The Balaban J connectivity index is 1.83. The number of hydrogen-bond acceptors (Lipinski definition) is 3. The van der Waals surface area contributed by atoms with Crippen LogP contribution in [0.25, 0.3) is 0 Å². The van der Waals surface area contributed by atoms with Crippen LogP contribution in [0.2, 0.25) is 0 Å². The topological polar surface area (TPSA) is 52.3 Å². The van der Waals surface area contributed by atoms with Crippen molar-refractivity contribution in [3.05, 3.63) is 59.4 Å². The summed E-state index contributed by atoms with van der Waals surface area (Å²) in [6.07, 6.45) is 0.600. The number of nitrogen functional groups attached to an aromatic ring is 1. The Kier molecular flexibility index (Phi) is 4.03. The third-order valence-corrected chi connectivity index (χ3v) is 5.02. The molecule has 1 heterocycles. The Bertz CT molecular complexity index is 690. The van der Waals surface area contributed by atoms with Gasteiger partial charge in [0, 0.05) is 5.69 Å². The van der Waals surface area contributed by atoms with E-state index in [1.807, 2.05) is 18.2 Å². The average molecular weight is 305 g/mol. The molecular formula is C16H16FNO2S. The van der Waals surface area contributed by atoms with Crippen molar-refractivity contribution >= 4 is 16.5 Å². The normalized spacial score (nSPS) is 19.0. The van der Waals surface area contributed by atoms with E-state index in [0.717, 1.165) is 12.0 Å². The van der Waals surface area contributed by atoms with Crippen molar-refractivity contribution in [3.63, 3.8) is 0 Å². The number of ether oxygens (including phenoxy) is 1. The molecule has 0 amide bonds. The lowest BCUT2D eigenvalue weighted by Gasteiger charge is -2.25. The first-order valence-corrected chi connectivity index (χ1v) is 8.10. The second kappa shape index (κ2) is 5.95. The van der Waals surface area contributed by atoms with Crippen molar-refractivity contribution in [2.45, 2.75) is 17.4 Å². The molecule has 2 aromatic rings. The summed E-state index contributed by atoms with van der Waals surface area (Å²) in [5, 5.41) is 0. The molecule has 0 bridgehead atoms. The van der Waals surface area contributed by atoms with Crippen LogP contribution in [-0.2, 0) is 22.0 Å². The predicted octanol–water partition coefficient (Wildman–Crippen LogP) is 2.83. The van der Waals surface area contributed by atoms with Crippen LogP contribution < -0.4 is 5.73 Å². The minimum absolute atomic E-state index is 0.177. The van der Waals surface area contributed by atoms with E-state index in [-0.39, 0.29) is 16.8 Å². The molecule has 0 aliphatic carbocycles. The Labute approximate surface area is 125 Å². The van der Waals surface area contributed by atoms with Gasteiger partial charge in [0.25, 0.3) is 0 Å². The lowest BCUT2D eigenvalue weighted by molar-refractivity contribution is 0.0582. The molecule has 5 heteroatoms. The van der Waals surface area contributed by atoms with E-state index >= 15 is 0 Å². The molecule has 3 nitrogen and oxygen atoms in total. The van der Waals surface area contributed by atoms with E-state index in [9.17, 15) is 8.60 Å². The maximum Gasteiger partial charge on any atom is 0.141 e. The van der Waals surface area contributed by atoms with E-state index < -0.39 is 16.6 Å². The Morgan fingerprint density at radius 2 is 2.10 bits per heavy atom. The molecule has 0 aromatic heterocycles. The summed E-state index contributed by atoms with van der Waals surface area (Å²) >= 11 is 0. The Morgan fingerprint density at radius 1 is 1.29 bits per heavy atom. The van der Waals surface area contributed by atoms with Crippen molar-refractivity contribution in [3.8, 4) is 0 Å². The molecule has 2 atom stereocenters. The van der Waals surface area contributed by atoms with Crippen LogP contribution in [0.1, 0.15) is 17.2 Å². The number of nitrogens with two attached hydrogens (primary N) is 1. The molecule has 0 spiro atoms. The number of anilines is 1. The molecule has 2 unspecified atom stereocenters. The molecule has 0 saturated carbocycles. The van der Waals surface area contributed by atoms with Gasteiger partial charge in [0.15, 0.2) is 0 Å². The molecular weight excluding hydrogens is 289 g/mol. The van der Waals surface area contributed by atoms with Crippen LogP contribution in [0.4, 0.5) is 10.1 Å². The largest absolute Gasteiger partial charge is 0.399 e. The van der Waals surface area contributed by atoms with Gasteiger partial charge in [-0.1, -0.05) is 24.3 Å². The number of rotatable bonds is 3. The van der Waals surface area contributed by atoms with Crippen LogP contribution >= 0.6 is 0 Å². The number of hydrogen-bond donors (Lipinski definition) is 1. The van der Waals surface area contributed by atoms with Gasteiger partial charge in [-0.3, -0.25) is 4.21 Å². The third kappa shape index (κ3) is 2.99. The SMILES string of the molecule is Nc1ccc(S(=O)CC2OCCc3ccccc32)c(F)c1. The van der Waals surface area contributed by atoms with Gasteiger partial charge < -0.3 is 10.5 Å². The standard InChI is InChI=1S/C16H16FNO2S/c17-14-9-12(18)5-6-16(14)21(19)10-15-13-4-2-1-3-11(13)7-8-20-15/h1-6,9,15H,7-8,10,18H2. The van der Waals surface area contributed by atoms with Gasteiger partial charge in [0.2, 0.25) is 0 Å². The summed E-state index contributed by atoms with van der Waals surface area (Å²) in [4.78, 5) is 0.177. The van der Waals surface area contributed by atoms with Gasteiger partial charge in [0.1, 0.15) is 5.82 Å². The van der Waals surface area contributed by atoms with Crippen molar-refractivity contribution in [1.82, 2.24) is 0 Å². The zero-order chi connectivity index (χ0) is 14.8. The van der Waals surface area contributed by atoms with Crippen LogP contribution in [0, 0.1) is 5.82 Å². The van der Waals surface area contributed by atoms with Gasteiger partial charge in [0.05, 0.1) is 34.2 Å². The van der Waals surface area contributed by atoms with Crippen molar-refractivity contribution in [1.29, 1.82) is 0 Å². The highest BCUT2D eigenvalue weighted by Gasteiger charge is 2.24. The van der Waals surface area contributed by atoms with E-state index in [1.54, 1.807) is 6.07 Å². The average Bonchev–Trinajstić information content (AvgIpc) is 2.47. The Morgan fingerprint density at radius 3 is 2.90 bits per heavy atom. The fourth-order valence-corrected chi connectivity index (χ4v) is 3.77. The monoisotopic (exact) mass is 305 g/mol. The zero-order valence-electron chi connectivity index (χ0n) is 11.4. The first-order valence-electron chi connectivity index (χ1n) is 6.78. The lowest BCUT2D eigenvalue weighted by atomic mass is 9.99. The molecule has 1 aliphatic rings. The van der Waals surface area contributed by atoms with Gasteiger partial charge in [-0.25, -0.2) is 4.39 Å². The second-order valence-electron chi connectivity index (χ2n) is 5.01. The molecule has 2 N–H and O–H groups in total. The smallest absolute Gasteiger partial charge is 0.141 e. The molecule has 0 fully saturated rings. The molecule has 0 radical (unpaired) electrons. The summed E-state index contributed by atoms with van der Waals surface area (Å²) in [5.74, 6) is -0.282. The van der Waals surface area contributed by atoms with E-state index in [0.29, 0.717) is 12.3 Å². The van der Waals surface area contributed by atoms with Gasteiger partial charge in [-0.15, -0.1) is 0 Å². The molecule has 3 rings (SSSR count). The summed E-state index contributed by atoms with van der Waals surface area (Å²) in [6, 6.07) is 12.2. The van der Waals surface area contributed by atoms with Gasteiger partial charge in [-0.05, 0) is 35.7 Å². The highest BCUT2D eigenvalue weighted by atomic mass is 32.2. The fourth-order valence-electron chi connectivity index (χ4n) is 2.54. The molecule has 21 heavy (non-hydrogen) atoms. The maximum atomic E-state index is 13.8. The minimum Gasteiger partial charge on any atom is -0.399 e. The minimum atomic E-state index is -1.46. The molecule has 110 valence electrons. The van der Waals surface area contributed by atoms with Crippen LogP contribution in [0.3, 0.4) is 0 Å². The van der Waals surface area contributed by atoms with Gasteiger partial charge >= 0.3 is 0 Å². The van der Waals surface area contributed by atoms with E-state index in [2.05, 4.69) is 6.07 Å². The molecule has 1 aliphatic heterocycles. The highest BCUT2D eigenvalue weighted by molar-refractivity contribution is 7.85. The highest BCUT2D eigenvalue weighted by Crippen LogP contribution is 2.29. The van der Waals surface area contributed by atoms with Crippen molar-refractivity contribution in [2.24, 2.45) is 0 Å². The van der Waals surface area contributed by atoms with E-state index in [1.165, 1.54) is 17.7 Å². The quantitative estimate of drug-likeness (QED) is 0.887. The number of halogens is 1. The number of fused-ring (bicyclic) bond motifs is 1. The maximum absolute atomic E-state index is 13.8. The fraction of sp³-hybridized carbons (Fsp3) is 0.250. The van der Waals surface area contributed by atoms with Gasteiger partial charge in [-0.2, -0.15) is 0 Å². The second-order valence-corrected chi connectivity index (χ2v) is 6.47. The lowest BCUT2D eigenvalue weighted by Crippen LogP contribution is -2.21. The van der Waals surface area contributed by atoms with Crippen LogP contribution in [0.15, 0.2) is 47.4 Å². The van der Waals surface area contributed by atoms with Crippen molar-refractivity contribution in [2.75, 3.05) is 18.1 Å². The molecule has 0 saturated heterocycles. The van der Waals surface area contributed by atoms with Crippen LogP contribution in [-0.4, -0.2) is 16.6 Å². The van der Waals surface area contributed by atoms with Crippen molar-refractivity contribution < 1.29 is 13.3 Å². The zero-order valence-corrected chi connectivity index (χ0v) is 12.2. The summed E-state index contributed by atoms with van der Waals surface area (Å²) < 4.78 is 32.0. The summed E-state index contributed by atoms with van der Waals surface area (Å²) in [6.45, 7) is 0.600. The summed E-state index contributed by atoms with van der Waals surface area (Å²) in [7, 11) is -1.46. The predicted molar refractivity (Wildman–Crippen MR) is 80.9 cm³/mol. The third-order valence-electron chi connectivity index (χ3n) is 3.60. The first-order chi connectivity index (χ1) is 10.1. The van der Waals surface area contributed by atoms with Crippen LogP contribution in [0.5, 0.6) is 0 Å². The van der Waals surface area contributed by atoms with E-state index in [4.69, 9.17) is 10.5 Å². The molecule has 2 aromatic carbocycles. The first kappa shape index (κ1) is 14.2. The number of benzene rings is 2. The summed E-state index contributed by atoms with van der Waals surface area (Å²) in [5.41, 5.74) is 8.10.